The average Bonchev–Trinajstić information content (AvgIpc) is 2.69. The standard InChI is InChI=1S/C16H21BN3OS/c1-15(2)16(3,4)22-17(19-15)20-11-10-14(18-12-20)21-13-8-6-5-7-9-13/h5-12,19H,1-4H3/q+1. The highest BCUT2D eigenvalue weighted by atomic mass is 32.2. The van der Waals surface area contributed by atoms with Crippen LogP contribution in [0.25, 0.3) is 0 Å². The molecule has 6 heteroatoms. The first-order valence-corrected chi connectivity index (χ1v) is 8.31. The molecule has 22 heavy (non-hydrogen) atoms. The van der Waals surface area contributed by atoms with Crippen molar-refractivity contribution in [3.05, 3.63) is 48.9 Å². The summed E-state index contributed by atoms with van der Waals surface area (Å²) in [6, 6.07) is 11.6. The Morgan fingerprint density at radius 1 is 1.14 bits per heavy atom. The summed E-state index contributed by atoms with van der Waals surface area (Å²) in [5, 5.41) is 3.65. The number of nitrogens with zero attached hydrogens (tertiary/aromatic N) is 2. The quantitative estimate of drug-likeness (QED) is 0.884. The first-order chi connectivity index (χ1) is 10.4. The Balaban J connectivity index is 1.73. The maximum Gasteiger partial charge on any atom is 0.538 e. The lowest BCUT2D eigenvalue weighted by Crippen LogP contribution is -2.60. The van der Waals surface area contributed by atoms with Gasteiger partial charge in [0.15, 0.2) is 0 Å². The van der Waals surface area contributed by atoms with Gasteiger partial charge in [-0.25, -0.2) is 0 Å². The lowest BCUT2D eigenvalue weighted by atomic mass is 9.87. The monoisotopic (exact) mass is 314 g/mol. The lowest BCUT2D eigenvalue weighted by molar-refractivity contribution is -0.539. The topological polar surface area (TPSA) is 38.0 Å². The van der Waals surface area contributed by atoms with Gasteiger partial charge in [0, 0.05) is 10.3 Å². The number of ether oxygens (including phenoxy) is 1. The fourth-order valence-corrected chi connectivity index (χ4v) is 3.75. The SMILES string of the molecule is CC1(C)NB([n+]2ccc(Oc3ccccc3)nc2)SC1(C)C. The van der Waals surface area contributed by atoms with Crippen molar-refractivity contribution >= 4 is 17.9 Å². The van der Waals surface area contributed by atoms with Crippen LogP contribution in [0.3, 0.4) is 0 Å². The Bertz CT molecular complexity index is 630. The summed E-state index contributed by atoms with van der Waals surface area (Å²) in [6.07, 6.45) is 4.01. The summed E-state index contributed by atoms with van der Waals surface area (Å²) in [4.78, 5) is 4.40. The van der Waals surface area contributed by atoms with Crippen molar-refractivity contribution in [1.29, 1.82) is 0 Å². The second kappa shape index (κ2) is 5.59. The van der Waals surface area contributed by atoms with Crippen LogP contribution in [0, 0.1) is 0 Å². The first kappa shape index (κ1) is 15.4. The molecule has 0 spiro atoms. The van der Waals surface area contributed by atoms with E-state index in [-0.39, 0.29) is 16.5 Å². The van der Waals surface area contributed by atoms with Crippen LogP contribution in [-0.2, 0) is 0 Å². The summed E-state index contributed by atoms with van der Waals surface area (Å²) in [5.74, 6) is 1.40. The Morgan fingerprint density at radius 3 is 2.41 bits per heavy atom. The van der Waals surface area contributed by atoms with Crippen LogP contribution in [0.4, 0.5) is 0 Å². The van der Waals surface area contributed by atoms with Crippen molar-refractivity contribution in [2.75, 3.05) is 0 Å². The van der Waals surface area contributed by atoms with Crippen LogP contribution < -0.4 is 14.4 Å². The van der Waals surface area contributed by atoms with Gasteiger partial charge in [0.05, 0.1) is 12.3 Å². The molecule has 1 aromatic heterocycles. The molecule has 0 radical (unpaired) electrons. The fourth-order valence-electron chi connectivity index (χ4n) is 2.24. The summed E-state index contributed by atoms with van der Waals surface area (Å²) < 4.78 is 7.97. The van der Waals surface area contributed by atoms with Gasteiger partial charge in [-0.1, -0.05) is 18.2 Å². The molecule has 0 aliphatic carbocycles. The Hall–Kier alpha value is -1.53. The van der Waals surface area contributed by atoms with Crippen LogP contribution in [0.15, 0.2) is 48.9 Å². The minimum Gasteiger partial charge on any atom is -0.420 e. The van der Waals surface area contributed by atoms with Crippen LogP contribution in [0.5, 0.6) is 11.6 Å². The van der Waals surface area contributed by atoms with Gasteiger partial charge in [0.2, 0.25) is 0 Å². The molecular formula is C16H21BN3OS+. The van der Waals surface area contributed by atoms with Gasteiger partial charge < -0.3 is 4.74 Å². The predicted octanol–water partition coefficient (Wildman–Crippen LogP) is 2.89. The van der Waals surface area contributed by atoms with Gasteiger partial charge >= 0.3 is 12.1 Å². The number of aromatic nitrogens is 2. The normalized spacial score (nSPS) is 19.2. The summed E-state index contributed by atoms with van der Waals surface area (Å²) in [5.41, 5.74) is 0.0640. The Morgan fingerprint density at radius 2 is 1.86 bits per heavy atom. The van der Waals surface area contributed by atoms with Gasteiger partial charge in [-0.3, -0.25) is 9.71 Å². The number of rotatable bonds is 3. The van der Waals surface area contributed by atoms with E-state index in [0.717, 1.165) is 5.75 Å². The third-order valence-corrected chi connectivity index (χ3v) is 6.02. The minimum absolute atomic E-state index is 0.0640. The van der Waals surface area contributed by atoms with Gasteiger partial charge in [0.25, 0.3) is 6.33 Å². The van der Waals surface area contributed by atoms with E-state index in [0.29, 0.717) is 5.88 Å². The molecule has 1 fully saturated rings. The van der Waals surface area contributed by atoms with Gasteiger partial charge in [-0.15, -0.1) is 11.6 Å². The molecule has 1 aromatic carbocycles. The van der Waals surface area contributed by atoms with Crippen LogP contribution in [-0.4, -0.2) is 21.5 Å². The Labute approximate surface area is 136 Å². The highest BCUT2D eigenvalue weighted by molar-refractivity contribution is 8.25. The molecule has 0 unspecified atom stereocenters. The minimum atomic E-state index is 0.0640. The first-order valence-electron chi connectivity index (χ1n) is 7.43. The molecule has 2 heterocycles. The molecule has 0 saturated carbocycles. The highest BCUT2D eigenvalue weighted by Crippen LogP contribution is 2.41. The lowest BCUT2D eigenvalue weighted by Gasteiger charge is -2.33. The molecule has 0 atom stereocenters. The Kier molecular flexibility index (Phi) is 3.91. The molecule has 2 aromatic rings. The van der Waals surface area contributed by atoms with Crippen molar-refractivity contribution < 1.29 is 9.21 Å². The molecule has 4 nitrogen and oxygen atoms in total. The molecule has 1 aliphatic heterocycles. The van der Waals surface area contributed by atoms with E-state index in [1.165, 1.54) is 0 Å². The molecule has 1 saturated heterocycles. The van der Waals surface area contributed by atoms with Crippen molar-refractivity contribution in [3.8, 4) is 11.6 Å². The summed E-state index contributed by atoms with van der Waals surface area (Å²) in [7, 11) is 0. The molecule has 0 bridgehead atoms. The van der Waals surface area contributed by atoms with Crippen molar-refractivity contribution in [1.82, 2.24) is 10.2 Å². The van der Waals surface area contributed by atoms with Crippen LogP contribution >= 0.6 is 11.6 Å². The van der Waals surface area contributed by atoms with E-state index in [1.807, 2.05) is 60.5 Å². The van der Waals surface area contributed by atoms with E-state index in [9.17, 15) is 0 Å². The number of hydrogen-bond acceptors (Lipinski definition) is 4. The van der Waals surface area contributed by atoms with Gasteiger partial charge in [-0.05, 0) is 44.8 Å². The highest BCUT2D eigenvalue weighted by Gasteiger charge is 2.52. The maximum absolute atomic E-state index is 5.73. The van der Waals surface area contributed by atoms with Crippen molar-refractivity contribution in [2.24, 2.45) is 0 Å². The number of para-hydroxylation sites is 1. The van der Waals surface area contributed by atoms with E-state index < -0.39 is 0 Å². The molecule has 1 N–H and O–H groups in total. The molecule has 1 aliphatic rings. The maximum atomic E-state index is 5.73. The molecular weight excluding hydrogens is 293 g/mol. The van der Waals surface area contributed by atoms with E-state index >= 15 is 0 Å². The molecule has 3 rings (SSSR count). The number of nitrogens with one attached hydrogen (secondary N) is 1. The van der Waals surface area contributed by atoms with E-state index in [2.05, 4.69) is 42.4 Å². The zero-order valence-electron chi connectivity index (χ0n) is 13.4. The average molecular weight is 314 g/mol. The summed E-state index contributed by atoms with van der Waals surface area (Å²) >= 11 is 1.91. The molecule has 0 amide bonds. The van der Waals surface area contributed by atoms with Crippen LogP contribution in [0.1, 0.15) is 27.7 Å². The molecule has 114 valence electrons. The van der Waals surface area contributed by atoms with E-state index in [1.54, 1.807) is 0 Å². The third-order valence-electron chi connectivity index (χ3n) is 4.34. The van der Waals surface area contributed by atoms with Crippen molar-refractivity contribution in [2.45, 2.75) is 38.0 Å². The van der Waals surface area contributed by atoms with E-state index in [4.69, 9.17) is 4.74 Å². The third kappa shape index (κ3) is 2.98. The van der Waals surface area contributed by atoms with Gasteiger partial charge in [-0.2, -0.15) is 0 Å². The van der Waals surface area contributed by atoms with Gasteiger partial charge in [0.1, 0.15) is 5.75 Å². The zero-order chi connectivity index (χ0) is 15.8. The second-order valence-electron chi connectivity index (χ2n) is 6.51. The zero-order valence-corrected chi connectivity index (χ0v) is 14.2. The van der Waals surface area contributed by atoms with Crippen LogP contribution in [0.2, 0.25) is 0 Å². The predicted molar refractivity (Wildman–Crippen MR) is 91.0 cm³/mol. The number of benzene rings is 1. The van der Waals surface area contributed by atoms with Crippen molar-refractivity contribution in [3.63, 3.8) is 0 Å². The summed E-state index contributed by atoms with van der Waals surface area (Å²) in [6.45, 7) is 9.01. The number of hydrogen-bond donors (Lipinski definition) is 1. The largest absolute Gasteiger partial charge is 0.538 e. The fraction of sp³-hybridized carbons (Fsp3) is 0.375. The second-order valence-corrected chi connectivity index (χ2v) is 8.21. The smallest absolute Gasteiger partial charge is 0.420 e.